The molecule has 0 amide bonds. The van der Waals surface area contributed by atoms with Gasteiger partial charge in [0.1, 0.15) is 12.4 Å². The molecule has 228 valence electrons. The second-order valence-electron chi connectivity index (χ2n) is 9.34. The summed E-state index contributed by atoms with van der Waals surface area (Å²) >= 11 is 17.2. The lowest BCUT2D eigenvalue weighted by Gasteiger charge is -2.26. The van der Waals surface area contributed by atoms with Gasteiger partial charge in [0.2, 0.25) is 0 Å². The molecule has 3 aromatic carbocycles. The number of nitrogens with zero attached hydrogens (tertiary/aromatic N) is 2. The maximum Gasteiger partial charge on any atom is 0.434 e. The van der Waals surface area contributed by atoms with Crippen LogP contribution in [0.1, 0.15) is 29.7 Å². The monoisotopic (exact) mass is 832 g/mol. The lowest BCUT2D eigenvalue weighted by molar-refractivity contribution is -0.140. The number of rotatable bonds is 7. The van der Waals surface area contributed by atoms with Gasteiger partial charge in [-0.05, 0) is 97.9 Å². The van der Waals surface area contributed by atoms with Crippen LogP contribution in [-0.4, -0.2) is 23.3 Å². The van der Waals surface area contributed by atoms with Gasteiger partial charge in [-0.2, -0.15) is 13.2 Å². The van der Waals surface area contributed by atoms with E-state index in [1.54, 1.807) is 12.1 Å². The minimum atomic E-state index is -5.00. The Bertz CT molecular complexity index is 1930. The van der Waals surface area contributed by atoms with Crippen molar-refractivity contribution in [2.75, 3.05) is 6.61 Å². The molecule has 0 aliphatic carbocycles. The number of halogens is 7. The molecule has 0 spiro atoms. The zero-order valence-electron chi connectivity index (χ0n) is 22.4. The quantitative estimate of drug-likeness (QED) is 0.178. The van der Waals surface area contributed by atoms with Gasteiger partial charge < -0.3 is 9.47 Å². The van der Waals surface area contributed by atoms with Crippen molar-refractivity contribution in [1.29, 1.82) is 0 Å². The highest BCUT2D eigenvalue weighted by Gasteiger charge is 2.45. The molecule has 0 saturated heterocycles. The Hall–Kier alpha value is -2.71. The summed E-state index contributed by atoms with van der Waals surface area (Å²) in [7, 11) is 0. The van der Waals surface area contributed by atoms with Crippen molar-refractivity contribution in [1.82, 2.24) is 4.57 Å². The average Bonchev–Trinajstić information content (AvgIpc) is 3.27. The summed E-state index contributed by atoms with van der Waals surface area (Å²) in [5, 5.41) is 0.333. The number of benzene rings is 3. The number of aromatic nitrogens is 1. The number of hydrogen-bond donors (Lipinski definition) is 0. The van der Waals surface area contributed by atoms with Crippen LogP contribution in [0, 0.1) is 0 Å². The third kappa shape index (κ3) is 6.91. The Morgan fingerprint density at radius 1 is 1.07 bits per heavy atom. The smallest absolute Gasteiger partial charge is 0.434 e. The van der Waals surface area contributed by atoms with Gasteiger partial charge in [0.25, 0.3) is 5.56 Å². The fourth-order valence-corrected chi connectivity index (χ4v) is 7.33. The van der Waals surface area contributed by atoms with Crippen LogP contribution in [0.15, 0.2) is 95.1 Å². The molecule has 1 atom stereocenters. The molecule has 0 fully saturated rings. The van der Waals surface area contributed by atoms with Crippen molar-refractivity contribution >= 4 is 82.8 Å². The molecule has 2 heterocycles. The third-order valence-corrected chi connectivity index (χ3v) is 9.34. The molecular weight excluding hydrogens is 817 g/mol. The maximum atomic E-state index is 14.3. The lowest BCUT2D eigenvalue weighted by atomic mass is 9.95. The van der Waals surface area contributed by atoms with Crippen LogP contribution in [0.25, 0.3) is 6.08 Å². The van der Waals surface area contributed by atoms with E-state index in [0.717, 1.165) is 25.9 Å². The maximum absolute atomic E-state index is 14.3. The molecule has 4 aromatic rings. The number of fused-ring (bicyclic) bond motifs is 1. The molecule has 0 saturated carbocycles. The fourth-order valence-electron chi connectivity index (χ4n) is 4.49. The molecule has 0 N–H and O–H groups in total. The van der Waals surface area contributed by atoms with Crippen molar-refractivity contribution < 1.29 is 27.4 Å². The Morgan fingerprint density at radius 3 is 2.30 bits per heavy atom. The van der Waals surface area contributed by atoms with Gasteiger partial charge in [-0.1, -0.05) is 63.1 Å². The largest absolute Gasteiger partial charge is 0.487 e. The van der Waals surface area contributed by atoms with Gasteiger partial charge in [-0.25, -0.2) is 9.79 Å². The first-order valence-corrected chi connectivity index (χ1v) is 16.4. The van der Waals surface area contributed by atoms with Gasteiger partial charge in [-0.3, -0.25) is 9.36 Å². The van der Waals surface area contributed by atoms with E-state index < -0.39 is 35.0 Å². The average molecular weight is 836 g/mol. The molecule has 0 bridgehead atoms. The van der Waals surface area contributed by atoms with Crippen LogP contribution in [-0.2, 0) is 16.1 Å². The van der Waals surface area contributed by atoms with E-state index in [1.807, 2.05) is 24.3 Å². The standard InChI is InChI=1S/C30H19Br3ClF3N2O4S/c1-2-42-28(41)23-24(17-5-9-19(34)10-6-17)39-27(40)22(44-29(39)38-26(23)30(35,36)37)13-16-11-20(32)25(21(33)12-16)43-14-15-3-7-18(31)8-4-15/h3-13,24H,2,14H2,1H3/b22-13-/t24-/m0/s1. The third-order valence-electron chi connectivity index (χ3n) is 6.40. The van der Waals surface area contributed by atoms with Crippen molar-refractivity contribution in [3.05, 3.63) is 127 Å². The summed E-state index contributed by atoms with van der Waals surface area (Å²) < 4.78 is 57.3. The van der Waals surface area contributed by atoms with Crippen molar-refractivity contribution in [2.45, 2.75) is 25.7 Å². The van der Waals surface area contributed by atoms with Crippen LogP contribution < -0.4 is 19.6 Å². The molecule has 1 aliphatic rings. The van der Waals surface area contributed by atoms with E-state index in [0.29, 0.717) is 31.9 Å². The Balaban J connectivity index is 1.61. The van der Waals surface area contributed by atoms with E-state index in [2.05, 4.69) is 52.8 Å². The number of ether oxygens (including phenoxy) is 2. The van der Waals surface area contributed by atoms with Crippen LogP contribution in [0.5, 0.6) is 5.75 Å². The number of allylic oxidation sites excluding steroid dienone is 1. The first kappa shape index (κ1) is 32.7. The Labute approximate surface area is 282 Å². The second-order valence-corrected chi connectivity index (χ2v) is 13.4. The van der Waals surface area contributed by atoms with Crippen LogP contribution >= 0.6 is 70.7 Å². The number of carbonyl (C=O) groups is 1. The van der Waals surface area contributed by atoms with Crippen molar-refractivity contribution in [3.8, 4) is 5.75 Å². The molecule has 1 aromatic heterocycles. The summed E-state index contributed by atoms with van der Waals surface area (Å²) in [6.45, 7) is 1.61. The molecule has 44 heavy (non-hydrogen) atoms. The van der Waals surface area contributed by atoms with Crippen LogP contribution in [0.4, 0.5) is 13.2 Å². The predicted octanol–water partition coefficient (Wildman–Crippen LogP) is 7.86. The van der Waals surface area contributed by atoms with E-state index in [1.165, 1.54) is 37.3 Å². The van der Waals surface area contributed by atoms with E-state index in [4.69, 9.17) is 21.1 Å². The van der Waals surface area contributed by atoms with Crippen molar-refractivity contribution in [3.63, 3.8) is 0 Å². The summed E-state index contributed by atoms with van der Waals surface area (Å²) in [6.07, 6.45) is -3.46. The highest BCUT2D eigenvalue weighted by atomic mass is 79.9. The Kier molecular flexibility index (Phi) is 9.90. The Morgan fingerprint density at radius 2 is 1.70 bits per heavy atom. The molecule has 0 radical (unpaired) electrons. The van der Waals surface area contributed by atoms with Gasteiger partial charge in [0, 0.05) is 9.50 Å². The predicted molar refractivity (Wildman–Crippen MR) is 173 cm³/mol. The number of hydrogen-bond acceptors (Lipinski definition) is 6. The topological polar surface area (TPSA) is 69.9 Å². The molecule has 1 aliphatic heterocycles. The number of thiazole rings is 1. The summed E-state index contributed by atoms with van der Waals surface area (Å²) in [5.41, 5.74) is -1.07. The van der Waals surface area contributed by atoms with Gasteiger partial charge in [-0.15, -0.1) is 0 Å². The minimum Gasteiger partial charge on any atom is -0.487 e. The highest BCUT2D eigenvalue weighted by Crippen LogP contribution is 2.39. The molecule has 0 unspecified atom stereocenters. The summed E-state index contributed by atoms with van der Waals surface area (Å²) in [5.74, 6) is -0.687. The molecule has 5 rings (SSSR count). The second kappa shape index (κ2) is 13.3. The SMILES string of the molecule is CCOC(=O)C1=C(C(F)(F)F)N=c2s/c(=C\c3cc(Br)c(OCc4ccc(Br)cc4)c(Br)c3)c(=O)n2[C@H]1c1ccc(Cl)cc1. The zero-order valence-corrected chi connectivity index (χ0v) is 28.8. The van der Waals surface area contributed by atoms with E-state index in [-0.39, 0.29) is 21.5 Å². The minimum absolute atomic E-state index is 0.108. The van der Waals surface area contributed by atoms with Crippen molar-refractivity contribution in [2.24, 2.45) is 4.99 Å². The lowest BCUT2D eigenvalue weighted by Crippen LogP contribution is -2.41. The molecule has 6 nitrogen and oxygen atoms in total. The first-order chi connectivity index (χ1) is 20.9. The number of alkyl halides is 3. The van der Waals surface area contributed by atoms with Gasteiger partial charge in [0.15, 0.2) is 10.5 Å². The van der Waals surface area contributed by atoms with Gasteiger partial charge >= 0.3 is 12.1 Å². The number of esters is 1. The number of carbonyl (C=O) groups excluding carboxylic acids is 1. The zero-order chi connectivity index (χ0) is 31.8. The first-order valence-electron chi connectivity index (χ1n) is 12.8. The van der Waals surface area contributed by atoms with Crippen LogP contribution in [0.3, 0.4) is 0 Å². The van der Waals surface area contributed by atoms with Crippen LogP contribution in [0.2, 0.25) is 5.02 Å². The molecule has 14 heteroatoms. The fraction of sp³-hybridized carbons (Fsp3) is 0.167. The summed E-state index contributed by atoms with van der Waals surface area (Å²) in [6, 6.07) is 15.5. The normalized spacial score (nSPS) is 15.2. The highest BCUT2D eigenvalue weighted by molar-refractivity contribution is 9.11. The van der Waals surface area contributed by atoms with E-state index in [9.17, 15) is 22.8 Å². The molecular formula is C30H19Br3ClF3N2O4S. The van der Waals surface area contributed by atoms with Gasteiger partial charge in [0.05, 0.1) is 31.7 Å². The summed E-state index contributed by atoms with van der Waals surface area (Å²) in [4.78, 5) is 30.4. The van der Waals surface area contributed by atoms with E-state index >= 15 is 0 Å².